The highest BCUT2D eigenvalue weighted by molar-refractivity contribution is 5.66. The van der Waals surface area contributed by atoms with Crippen LogP contribution in [0.5, 0.6) is 0 Å². The van der Waals surface area contributed by atoms with Gasteiger partial charge in [0.25, 0.3) is 0 Å². The number of carbonyl (C=O) groups is 1. The lowest BCUT2D eigenvalue weighted by atomic mass is 10.1. The highest BCUT2D eigenvalue weighted by Gasteiger charge is 2.24. The number of rotatable bonds is 6. The van der Waals surface area contributed by atoms with Crippen molar-refractivity contribution in [3.63, 3.8) is 0 Å². The zero-order valence-corrected chi connectivity index (χ0v) is 10.2. The normalized spacial score (nSPS) is 25.4. The Labute approximate surface area is 97.2 Å². The molecule has 0 aromatic heterocycles. The molecule has 0 amide bonds. The first-order valence-corrected chi connectivity index (χ1v) is 6.12. The standard InChI is InChI=1S/C12H22O4/c1-3-4-5-6-7-11-8-12(15-9-14-11)16-10(2)13/h11-12H,3-9H2,1-2H3/t11-,12+/m0/s1. The van der Waals surface area contributed by atoms with E-state index in [9.17, 15) is 4.79 Å². The predicted molar refractivity (Wildman–Crippen MR) is 59.8 cm³/mol. The second-order valence-corrected chi connectivity index (χ2v) is 4.20. The fourth-order valence-electron chi connectivity index (χ4n) is 1.83. The number of ether oxygens (including phenoxy) is 3. The Morgan fingerprint density at radius 1 is 1.31 bits per heavy atom. The van der Waals surface area contributed by atoms with Gasteiger partial charge in [-0.3, -0.25) is 4.79 Å². The Hall–Kier alpha value is -0.610. The molecule has 0 aromatic carbocycles. The van der Waals surface area contributed by atoms with Crippen LogP contribution in [-0.4, -0.2) is 25.2 Å². The maximum absolute atomic E-state index is 10.8. The Kier molecular flexibility index (Phi) is 6.42. The van der Waals surface area contributed by atoms with Crippen molar-refractivity contribution in [1.29, 1.82) is 0 Å². The molecule has 4 heteroatoms. The van der Waals surface area contributed by atoms with Crippen LogP contribution in [0.2, 0.25) is 0 Å². The summed E-state index contributed by atoms with van der Waals surface area (Å²) in [4.78, 5) is 10.8. The van der Waals surface area contributed by atoms with E-state index in [-0.39, 0.29) is 18.9 Å². The zero-order chi connectivity index (χ0) is 11.8. The second-order valence-electron chi connectivity index (χ2n) is 4.20. The van der Waals surface area contributed by atoms with Crippen molar-refractivity contribution < 1.29 is 19.0 Å². The minimum Gasteiger partial charge on any atom is -0.436 e. The van der Waals surface area contributed by atoms with E-state index >= 15 is 0 Å². The van der Waals surface area contributed by atoms with E-state index in [1.807, 2.05) is 0 Å². The molecule has 16 heavy (non-hydrogen) atoms. The van der Waals surface area contributed by atoms with Gasteiger partial charge in [0.2, 0.25) is 6.29 Å². The lowest BCUT2D eigenvalue weighted by molar-refractivity contribution is -0.251. The highest BCUT2D eigenvalue weighted by atomic mass is 16.8. The van der Waals surface area contributed by atoms with Crippen molar-refractivity contribution in [2.75, 3.05) is 6.79 Å². The van der Waals surface area contributed by atoms with Gasteiger partial charge in [-0.15, -0.1) is 0 Å². The second kappa shape index (κ2) is 7.63. The largest absolute Gasteiger partial charge is 0.436 e. The van der Waals surface area contributed by atoms with Crippen LogP contribution in [0.3, 0.4) is 0 Å². The summed E-state index contributed by atoms with van der Waals surface area (Å²) in [5.41, 5.74) is 0. The molecule has 1 heterocycles. The summed E-state index contributed by atoms with van der Waals surface area (Å²) in [6, 6.07) is 0. The van der Waals surface area contributed by atoms with Crippen LogP contribution in [0.1, 0.15) is 52.4 Å². The first kappa shape index (κ1) is 13.5. The molecule has 0 spiro atoms. The molecular weight excluding hydrogens is 208 g/mol. The zero-order valence-electron chi connectivity index (χ0n) is 10.2. The molecule has 0 radical (unpaired) electrons. The minimum absolute atomic E-state index is 0.176. The van der Waals surface area contributed by atoms with Crippen LogP contribution in [0, 0.1) is 0 Å². The van der Waals surface area contributed by atoms with Gasteiger partial charge in [-0.1, -0.05) is 32.6 Å². The van der Waals surface area contributed by atoms with E-state index < -0.39 is 6.29 Å². The molecule has 0 aromatic rings. The van der Waals surface area contributed by atoms with Crippen molar-refractivity contribution in [2.45, 2.75) is 64.8 Å². The maximum atomic E-state index is 10.8. The van der Waals surface area contributed by atoms with Gasteiger partial charge < -0.3 is 14.2 Å². The summed E-state index contributed by atoms with van der Waals surface area (Å²) in [6.07, 6.45) is 6.38. The average molecular weight is 230 g/mol. The Balaban J connectivity index is 2.14. The van der Waals surface area contributed by atoms with E-state index in [0.717, 1.165) is 6.42 Å². The van der Waals surface area contributed by atoms with Crippen LogP contribution in [0.4, 0.5) is 0 Å². The first-order chi connectivity index (χ1) is 7.72. The fraction of sp³-hybridized carbons (Fsp3) is 0.917. The number of unbranched alkanes of at least 4 members (excludes halogenated alkanes) is 3. The molecule has 1 rings (SSSR count). The lowest BCUT2D eigenvalue weighted by Gasteiger charge is -2.29. The molecule has 0 N–H and O–H groups in total. The van der Waals surface area contributed by atoms with Crippen LogP contribution in [-0.2, 0) is 19.0 Å². The minimum atomic E-state index is -0.414. The number of hydrogen-bond acceptors (Lipinski definition) is 4. The molecule has 1 aliphatic heterocycles. The van der Waals surface area contributed by atoms with Crippen LogP contribution >= 0.6 is 0 Å². The molecule has 0 saturated carbocycles. The van der Waals surface area contributed by atoms with Gasteiger partial charge in [0.15, 0.2) is 6.79 Å². The number of carbonyl (C=O) groups excluding carboxylic acids is 1. The molecule has 2 atom stereocenters. The summed E-state index contributed by atoms with van der Waals surface area (Å²) in [6.45, 7) is 3.83. The molecular formula is C12H22O4. The van der Waals surface area contributed by atoms with Gasteiger partial charge in [-0.05, 0) is 6.42 Å². The van der Waals surface area contributed by atoms with E-state index in [1.165, 1.54) is 32.6 Å². The van der Waals surface area contributed by atoms with Crippen molar-refractivity contribution in [3.8, 4) is 0 Å². The van der Waals surface area contributed by atoms with E-state index in [2.05, 4.69) is 6.92 Å². The third-order valence-corrected chi connectivity index (χ3v) is 2.69. The van der Waals surface area contributed by atoms with E-state index in [1.54, 1.807) is 0 Å². The first-order valence-electron chi connectivity index (χ1n) is 6.12. The summed E-state index contributed by atoms with van der Waals surface area (Å²) in [5.74, 6) is -0.295. The van der Waals surface area contributed by atoms with Crippen LogP contribution in [0.15, 0.2) is 0 Å². The quantitative estimate of drug-likeness (QED) is 0.519. The Morgan fingerprint density at radius 2 is 2.12 bits per heavy atom. The van der Waals surface area contributed by atoms with Gasteiger partial charge >= 0.3 is 5.97 Å². The molecule has 4 nitrogen and oxygen atoms in total. The van der Waals surface area contributed by atoms with Gasteiger partial charge in [-0.2, -0.15) is 0 Å². The van der Waals surface area contributed by atoms with Crippen molar-refractivity contribution in [1.82, 2.24) is 0 Å². The SMILES string of the molecule is CCCCCC[C@H]1C[C@@H](OC(C)=O)OCO1. The smallest absolute Gasteiger partial charge is 0.304 e. The predicted octanol–water partition coefficient (Wildman–Crippen LogP) is 2.61. The number of esters is 1. The van der Waals surface area contributed by atoms with Crippen molar-refractivity contribution in [3.05, 3.63) is 0 Å². The topological polar surface area (TPSA) is 44.8 Å². The van der Waals surface area contributed by atoms with E-state index in [0.29, 0.717) is 6.42 Å². The fourth-order valence-corrected chi connectivity index (χ4v) is 1.83. The molecule has 0 unspecified atom stereocenters. The van der Waals surface area contributed by atoms with Crippen LogP contribution in [0.25, 0.3) is 0 Å². The number of hydrogen-bond donors (Lipinski definition) is 0. The Bertz CT molecular complexity index is 205. The summed E-state index contributed by atoms with van der Waals surface area (Å²) >= 11 is 0. The Morgan fingerprint density at radius 3 is 2.81 bits per heavy atom. The van der Waals surface area contributed by atoms with Crippen molar-refractivity contribution in [2.24, 2.45) is 0 Å². The summed E-state index contributed by atoms with van der Waals surface area (Å²) < 4.78 is 15.6. The van der Waals surface area contributed by atoms with Gasteiger partial charge in [0.05, 0.1) is 6.10 Å². The van der Waals surface area contributed by atoms with E-state index in [4.69, 9.17) is 14.2 Å². The molecule has 0 bridgehead atoms. The molecule has 1 saturated heterocycles. The third kappa shape index (κ3) is 5.47. The van der Waals surface area contributed by atoms with Crippen molar-refractivity contribution >= 4 is 5.97 Å². The summed E-state index contributed by atoms with van der Waals surface area (Å²) in [5, 5.41) is 0. The maximum Gasteiger partial charge on any atom is 0.304 e. The van der Waals surface area contributed by atoms with Gasteiger partial charge in [0, 0.05) is 13.3 Å². The molecule has 1 fully saturated rings. The van der Waals surface area contributed by atoms with Gasteiger partial charge in [-0.25, -0.2) is 0 Å². The summed E-state index contributed by atoms with van der Waals surface area (Å²) in [7, 11) is 0. The van der Waals surface area contributed by atoms with Gasteiger partial charge in [0.1, 0.15) is 0 Å². The molecule has 94 valence electrons. The lowest BCUT2D eigenvalue weighted by Crippen LogP contribution is -2.34. The molecule has 0 aliphatic carbocycles. The highest BCUT2D eigenvalue weighted by Crippen LogP contribution is 2.19. The molecule has 1 aliphatic rings. The average Bonchev–Trinajstić information content (AvgIpc) is 2.24. The monoisotopic (exact) mass is 230 g/mol. The van der Waals surface area contributed by atoms with Crippen LogP contribution < -0.4 is 0 Å². The third-order valence-electron chi connectivity index (χ3n) is 2.69.